The van der Waals surface area contributed by atoms with E-state index in [0.29, 0.717) is 5.92 Å². The average Bonchev–Trinajstić information content (AvgIpc) is 3.29. The summed E-state index contributed by atoms with van der Waals surface area (Å²) in [4.78, 5) is 14.9. The largest absolute Gasteiger partial charge is 0.371 e. The van der Waals surface area contributed by atoms with Crippen molar-refractivity contribution >= 4 is 5.91 Å². The average molecular weight is 285 g/mol. The smallest absolute Gasteiger partial charge is 0.252 e. The fourth-order valence-corrected chi connectivity index (χ4v) is 4.15. The van der Waals surface area contributed by atoms with Crippen LogP contribution in [0.4, 0.5) is 0 Å². The summed E-state index contributed by atoms with van der Waals surface area (Å²) in [6.45, 7) is 1.64. The van der Waals surface area contributed by atoms with Crippen LogP contribution in [0.25, 0.3) is 0 Å². The molecular formula is C18H23NO2. The maximum absolute atomic E-state index is 12.8. The molecule has 1 aliphatic heterocycles. The minimum absolute atomic E-state index is 0.209. The molecule has 3 nitrogen and oxygen atoms in total. The molecule has 4 rings (SSSR count). The Morgan fingerprint density at radius 3 is 2.71 bits per heavy atom. The number of amides is 1. The summed E-state index contributed by atoms with van der Waals surface area (Å²) in [6, 6.07) is 8.69. The van der Waals surface area contributed by atoms with Crippen molar-refractivity contribution in [2.45, 2.75) is 50.2 Å². The first-order valence-corrected chi connectivity index (χ1v) is 8.13. The SMILES string of the molecule is COC(C(=O)N1Cc2ccccc2C2(CCC2)C1)C1CC1. The maximum Gasteiger partial charge on any atom is 0.252 e. The first kappa shape index (κ1) is 13.3. The molecule has 0 bridgehead atoms. The maximum atomic E-state index is 12.8. The van der Waals surface area contributed by atoms with Gasteiger partial charge in [0.1, 0.15) is 6.10 Å². The second-order valence-electron chi connectivity index (χ2n) is 6.98. The quantitative estimate of drug-likeness (QED) is 0.854. The molecule has 2 fully saturated rings. The summed E-state index contributed by atoms with van der Waals surface area (Å²) >= 11 is 0. The first-order valence-electron chi connectivity index (χ1n) is 8.13. The number of ether oxygens (including phenoxy) is 1. The highest BCUT2D eigenvalue weighted by atomic mass is 16.5. The van der Waals surface area contributed by atoms with Crippen molar-refractivity contribution in [3.63, 3.8) is 0 Å². The van der Waals surface area contributed by atoms with Gasteiger partial charge in [0.05, 0.1) is 0 Å². The van der Waals surface area contributed by atoms with Crippen molar-refractivity contribution in [2.24, 2.45) is 5.92 Å². The number of rotatable bonds is 3. The highest BCUT2D eigenvalue weighted by molar-refractivity contribution is 5.82. The van der Waals surface area contributed by atoms with E-state index in [0.717, 1.165) is 25.9 Å². The molecule has 0 aromatic heterocycles. The molecule has 112 valence electrons. The molecule has 0 saturated heterocycles. The predicted octanol–water partition coefficient (Wildman–Crippen LogP) is 2.88. The summed E-state index contributed by atoms with van der Waals surface area (Å²) in [5.41, 5.74) is 3.05. The summed E-state index contributed by atoms with van der Waals surface area (Å²) < 4.78 is 5.51. The lowest BCUT2D eigenvalue weighted by molar-refractivity contribution is -0.146. The van der Waals surface area contributed by atoms with Gasteiger partial charge < -0.3 is 9.64 Å². The van der Waals surface area contributed by atoms with Gasteiger partial charge in [-0.05, 0) is 42.7 Å². The highest BCUT2D eigenvalue weighted by Crippen LogP contribution is 2.48. The second-order valence-corrected chi connectivity index (χ2v) is 6.98. The lowest BCUT2D eigenvalue weighted by Gasteiger charge is -2.50. The number of hydrogen-bond donors (Lipinski definition) is 0. The molecule has 1 aromatic rings. The molecule has 1 atom stereocenters. The van der Waals surface area contributed by atoms with Gasteiger partial charge in [-0.25, -0.2) is 0 Å². The van der Waals surface area contributed by atoms with Gasteiger partial charge in [-0.15, -0.1) is 0 Å². The van der Waals surface area contributed by atoms with Gasteiger partial charge >= 0.3 is 0 Å². The zero-order valence-corrected chi connectivity index (χ0v) is 12.7. The van der Waals surface area contributed by atoms with Crippen LogP contribution < -0.4 is 0 Å². The van der Waals surface area contributed by atoms with Gasteiger partial charge in [0.15, 0.2) is 0 Å². The van der Waals surface area contributed by atoms with Crippen LogP contribution in [-0.2, 0) is 21.5 Å². The Kier molecular flexibility index (Phi) is 3.07. The number of hydrogen-bond acceptors (Lipinski definition) is 2. The van der Waals surface area contributed by atoms with Gasteiger partial charge in [0.25, 0.3) is 5.91 Å². The van der Waals surface area contributed by atoms with E-state index in [-0.39, 0.29) is 17.4 Å². The number of fused-ring (bicyclic) bond motifs is 2. The Labute approximate surface area is 126 Å². The van der Waals surface area contributed by atoms with Gasteiger partial charge in [0, 0.05) is 25.6 Å². The molecule has 3 aliphatic rings. The van der Waals surface area contributed by atoms with Crippen LogP contribution in [-0.4, -0.2) is 30.6 Å². The molecule has 0 N–H and O–H groups in total. The van der Waals surface area contributed by atoms with E-state index in [2.05, 4.69) is 29.2 Å². The van der Waals surface area contributed by atoms with E-state index in [4.69, 9.17) is 4.74 Å². The first-order chi connectivity index (χ1) is 10.2. The van der Waals surface area contributed by atoms with Crippen molar-refractivity contribution < 1.29 is 9.53 Å². The molecule has 1 spiro atoms. The van der Waals surface area contributed by atoms with Crippen molar-refractivity contribution in [1.82, 2.24) is 4.90 Å². The fourth-order valence-electron chi connectivity index (χ4n) is 4.15. The van der Waals surface area contributed by atoms with E-state index in [1.165, 1.54) is 30.4 Å². The van der Waals surface area contributed by atoms with Crippen LogP contribution in [0.1, 0.15) is 43.2 Å². The molecular weight excluding hydrogens is 262 g/mol. The van der Waals surface area contributed by atoms with Crippen molar-refractivity contribution in [1.29, 1.82) is 0 Å². The van der Waals surface area contributed by atoms with E-state index >= 15 is 0 Å². The second kappa shape index (κ2) is 4.84. The van der Waals surface area contributed by atoms with Crippen LogP contribution in [0.5, 0.6) is 0 Å². The molecule has 1 heterocycles. The lowest BCUT2D eigenvalue weighted by Crippen LogP contribution is -2.54. The third-order valence-corrected chi connectivity index (χ3v) is 5.61. The topological polar surface area (TPSA) is 29.5 Å². The number of methoxy groups -OCH3 is 1. The van der Waals surface area contributed by atoms with E-state index < -0.39 is 0 Å². The molecule has 3 heteroatoms. The third-order valence-electron chi connectivity index (χ3n) is 5.61. The van der Waals surface area contributed by atoms with Crippen LogP contribution in [0, 0.1) is 5.92 Å². The third kappa shape index (κ3) is 2.10. The summed E-state index contributed by atoms with van der Waals surface area (Å²) in [5.74, 6) is 0.665. The van der Waals surface area contributed by atoms with E-state index in [1.54, 1.807) is 7.11 Å². The Morgan fingerprint density at radius 1 is 1.33 bits per heavy atom. The predicted molar refractivity (Wildman–Crippen MR) is 80.9 cm³/mol. The summed E-state index contributed by atoms with van der Waals surface area (Å²) in [7, 11) is 1.68. The van der Waals surface area contributed by atoms with Gasteiger partial charge in [-0.3, -0.25) is 4.79 Å². The Balaban J connectivity index is 1.62. The van der Waals surface area contributed by atoms with Gasteiger partial charge in [-0.1, -0.05) is 30.7 Å². The van der Waals surface area contributed by atoms with Crippen LogP contribution in [0.15, 0.2) is 24.3 Å². The molecule has 21 heavy (non-hydrogen) atoms. The van der Waals surface area contributed by atoms with Gasteiger partial charge in [0.2, 0.25) is 0 Å². The molecule has 1 unspecified atom stereocenters. The van der Waals surface area contributed by atoms with Crippen molar-refractivity contribution in [3.8, 4) is 0 Å². The molecule has 2 saturated carbocycles. The minimum Gasteiger partial charge on any atom is -0.371 e. The Morgan fingerprint density at radius 2 is 2.10 bits per heavy atom. The summed E-state index contributed by atoms with van der Waals surface area (Å²) in [6.07, 6.45) is 5.78. The molecule has 1 aromatic carbocycles. The lowest BCUT2D eigenvalue weighted by atomic mass is 9.61. The van der Waals surface area contributed by atoms with Crippen LogP contribution in [0.3, 0.4) is 0 Å². The summed E-state index contributed by atoms with van der Waals surface area (Å²) in [5, 5.41) is 0. The van der Waals surface area contributed by atoms with Crippen molar-refractivity contribution in [2.75, 3.05) is 13.7 Å². The number of benzene rings is 1. The van der Waals surface area contributed by atoms with Crippen LogP contribution >= 0.6 is 0 Å². The molecule has 2 aliphatic carbocycles. The fraction of sp³-hybridized carbons (Fsp3) is 0.611. The zero-order valence-electron chi connectivity index (χ0n) is 12.7. The monoisotopic (exact) mass is 285 g/mol. The van der Waals surface area contributed by atoms with E-state index in [1.807, 2.05) is 0 Å². The highest BCUT2D eigenvalue weighted by Gasteiger charge is 2.47. The minimum atomic E-state index is -0.215. The zero-order chi connectivity index (χ0) is 14.4. The molecule has 1 amide bonds. The van der Waals surface area contributed by atoms with Gasteiger partial charge in [-0.2, -0.15) is 0 Å². The number of carbonyl (C=O) groups excluding carboxylic acids is 1. The Hall–Kier alpha value is -1.35. The van der Waals surface area contributed by atoms with E-state index in [9.17, 15) is 4.79 Å². The normalized spacial score (nSPS) is 24.3. The standard InChI is InChI=1S/C18H23NO2/c1-21-16(13-7-8-13)17(20)19-11-14-5-2-3-6-15(14)18(12-19)9-4-10-18/h2-3,5-6,13,16H,4,7-12H2,1H3. The Bertz CT molecular complexity index is 560. The molecule has 0 radical (unpaired) electrons. The number of carbonyl (C=O) groups is 1. The van der Waals surface area contributed by atoms with Crippen LogP contribution in [0.2, 0.25) is 0 Å². The number of nitrogens with zero attached hydrogens (tertiary/aromatic N) is 1. The van der Waals surface area contributed by atoms with Crippen molar-refractivity contribution in [3.05, 3.63) is 35.4 Å².